The predicted molar refractivity (Wildman–Crippen MR) is 92.8 cm³/mol. The monoisotopic (exact) mass is 349 g/mol. The van der Waals surface area contributed by atoms with E-state index in [1.165, 1.54) is 4.90 Å². The van der Waals surface area contributed by atoms with E-state index in [0.717, 1.165) is 11.0 Å². The lowest BCUT2D eigenvalue weighted by molar-refractivity contribution is -0.134. The van der Waals surface area contributed by atoms with Crippen molar-refractivity contribution in [2.75, 3.05) is 6.54 Å². The molecule has 2 aromatic carbocycles. The smallest absolute Gasteiger partial charge is 0.311 e. The summed E-state index contributed by atoms with van der Waals surface area (Å²) in [6, 6.07) is 11.8. The van der Waals surface area contributed by atoms with E-state index in [-0.39, 0.29) is 24.8 Å². The van der Waals surface area contributed by atoms with Crippen molar-refractivity contribution in [1.29, 1.82) is 0 Å². The van der Waals surface area contributed by atoms with Gasteiger partial charge in [0.25, 0.3) is 11.8 Å². The Labute approximate surface area is 148 Å². The van der Waals surface area contributed by atoms with Gasteiger partial charge in [-0.3, -0.25) is 19.3 Å². The van der Waals surface area contributed by atoms with Crippen molar-refractivity contribution in [2.24, 2.45) is 0 Å². The normalized spacial score (nSPS) is 13.3. The Morgan fingerprint density at radius 3 is 2.54 bits per heavy atom. The first-order chi connectivity index (χ1) is 12.6. The number of imide groups is 1. The standard InChI is InChI=1S/C19H15N3O4/c23-17(26-12-7-8-15-16(10-12)21-11-20-15)6-3-9-22-18(24)13-4-1-2-5-14(13)19(22)25/h1-2,4-5,7-8,10-11H,3,6,9H2,(H,20,21). The summed E-state index contributed by atoms with van der Waals surface area (Å²) in [6.45, 7) is 0.182. The van der Waals surface area contributed by atoms with E-state index in [2.05, 4.69) is 9.97 Å². The van der Waals surface area contributed by atoms with Gasteiger partial charge in [0.05, 0.1) is 28.5 Å². The Morgan fingerprint density at radius 1 is 1.08 bits per heavy atom. The summed E-state index contributed by atoms with van der Waals surface area (Å²) in [4.78, 5) is 44.7. The molecule has 4 rings (SSSR count). The molecular formula is C19H15N3O4. The van der Waals surface area contributed by atoms with Crippen molar-refractivity contribution in [3.8, 4) is 5.75 Å². The largest absolute Gasteiger partial charge is 0.426 e. The molecule has 0 spiro atoms. The molecule has 0 radical (unpaired) electrons. The van der Waals surface area contributed by atoms with E-state index >= 15 is 0 Å². The minimum absolute atomic E-state index is 0.106. The van der Waals surface area contributed by atoms with Crippen molar-refractivity contribution in [2.45, 2.75) is 12.8 Å². The Morgan fingerprint density at radius 2 is 1.81 bits per heavy atom. The molecule has 0 fully saturated rings. The average Bonchev–Trinajstić information content (AvgIpc) is 3.20. The zero-order valence-corrected chi connectivity index (χ0v) is 13.8. The topological polar surface area (TPSA) is 92.4 Å². The number of amides is 2. The van der Waals surface area contributed by atoms with E-state index in [0.29, 0.717) is 23.3 Å². The maximum Gasteiger partial charge on any atom is 0.311 e. The Bertz CT molecular complexity index is 989. The van der Waals surface area contributed by atoms with Crippen molar-refractivity contribution in [1.82, 2.24) is 14.9 Å². The second-order valence-corrected chi connectivity index (χ2v) is 5.97. The molecule has 1 aliphatic heterocycles. The number of aromatic amines is 1. The van der Waals surface area contributed by atoms with Gasteiger partial charge < -0.3 is 9.72 Å². The minimum atomic E-state index is -0.416. The molecule has 7 heteroatoms. The molecule has 1 N–H and O–H groups in total. The van der Waals surface area contributed by atoms with Crippen LogP contribution in [0.25, 0.3) is 11.0 Å². The third-order valence-corrected chi connectivity index (χ3v) is 4.26. The minimum Gasteiger partial charge on any atom is -0.426 e. The molecule has 26 heavy (non-hydrogen) atoms. The van der Waals surface area contributed by atoms with Crippen LogP contribution in [0.4, 0.5) is 0 Å². The number of nitrogens with zero attached hydrogens (tertiary/aromatic N) is 2. The number of hydrogen-bond acceptors (Lipinski definition) is 5. The summed E-state index contributed by atoms with van der Waals surface area (Å²) in [7, 11) is 0. The first-order valence-electron chi connectivity index (χ1n) is 8.22. The lowest BCUT2D eigenvalue weighted by atomic mass is 10.1. The van der Waals surface area contributed by atoms with Crippen LogP contribution in [-0.2, 0) is 4.79 Å². The maximum absolute atomic E-state index is 12.3. The third kappa shape index (κ3) is 2.83. The van der Waals surface area contributed by atoms with E-state index in [1.54, 1.807) is 48.8 Å². The van der Waals surface area contributed by atoms with Crippen LogP contribution in [-0.4, -0.2) is 39.2 Å². The van der Waals surface area contributed by atoms with Crippen molar-refractivity contribution in [3.05, 3.63) is 59.9 Å². The highest BCUT2D eigenvalue weighted by atomic mass is 16.5. The fraction of sp³-hybridized carbons (Fsp3) is 0.158. The van der Waals surface area contributed by atoms with E-state index in [1.807, 2.05) is 0 Å². The van der Waals surface area contributed by atoms with E-state index in [4.69, 9.17) is 4.74 Å². The summed E-state index contributed by atoms with van der Waals surface area (Å²) in [5, 5.41) is 0. The van der Waals surface area contributed by atoms with Crippen LogP contribution in [0.3, 0.4) is 0 Å². The molecule has 0 atom stereocenters. The Kier molecular flexibility index (Phi) is 3.96. The molecule has 0 saturated heterocycles. The molecule has 0 saturated carbocycles. The molecule has 2 heterocycles. The molecule has 1 aromatic heterocycles. The van der Waals surface area contributed by atoms with Gasteiger partial charge in [0.15, 0.2) is 0 Å². The number of nitrogens with one attached hydrogen (secondary N) is 1. The number of benzene rings is 2. The second-order valence-electron chi connectivity index (χ2n) is 5.97. The van der Waals surface area contributed by atoms with Gasteiger partial charge in [-0.05, 0) is 30.7 Å². The number of aromatic nitrogens is 2. The molecule has 1 aliphatic rings. The van der Waals surface area contributed by atoms with Gasteiger partial charge in [0.2, 0.25) is 0 Å². The van der Waals surface area contributed by atoms with Gasteiger partial charge in [0, 0.05) is 19.0 Å². The zero-order chi connectivity index (χ0) is 18.1. The highest BCUT2D eigenvalue weighted by molar-refractivity contribution is 6.21. The first kappa shape index (κ1) is 16.0. The second kappa shape index (κ2) is 6.44. The maximum atomic E-state index is 12.3. The number of hydrogen-bond donors (Lipinski definition) is 1. The SMILES string of the molecule is O=C(CCCN1C(=O)c2ccccc2C1=O)Oc1ccc2nc[nH]c2c1. The van der Waals surface area contributed by atoms with E-state index < -0.39 is 5.97 Å². The van der Waals surface area contributed by atoms with Crippen LogP contribution in [0.1, 0.15) is 33.6 Å². The fourth-order valence-corrected chi connectivity index (χ4v) is 2.98. The quantitative estimate of drug-likeness (QED) is 0.434. The van der Waals surface area contributed by atoms with Gasteiger partial charge in [-0.25, -0.2) is 4.98 Å². The van der Waals surface area contributed by atoms with Crippen LogP contribution >= 0.6 is 0 Å². The number of fused-ring (bicyclic) bond motifs is 2. The van der Waals surface area contributed by atoms with Crippen LogP contribution in [0.15, 0.2) is 48.8 Å². The van der Waals surface area contributed by atoms with Crippen molar-refractivity contribution >= 4 is 28.8 Å². The van der Waals surface area contributed by atoms with Gasteiger partial charge in [0.1, 0.15) is 5.75 Å². The highest BCUT2D eigenvalue weighted by Gasteiger charge is 2.34. The summed E-state index contributed by atoms with van der Waals surface area (Å²) < 4.78 is 5.30. The van der Waals surface area contributed by atoms with E-state index in [9.17, 15) is 14.4 Å². The summed E-state index contributed by atoms with van der Waals surface area (Å²) in [5.41, 5.74) is 2.39. The Balaban J connectivity index is 1.33. The molecule has 130 valence electrons. The fourth-order valence-electron chi connectivity index (χ4n) is 2.98. The Hall–Kier alpha value is -3.48. The molecule has 0 aliphatic carbocycles. The third-order valence-electron chi connectivity index (χ3n) is 4.26. The number of carbonyl (C=O) groups excluding carboxylic acids is 3. The number of imidazole rings is 1. The van der Waals surface area contributed by atoms with Crippen LogP contribution in [0.5, 0.6) is 5.75 Å². The number of carbonyl (C=O) groups is 3. The summed E-state index contributed by atoms with van der Waals surface area (Å²) in [5.74, 6) is -0.625. The van der Waals surface area contributed by atoms with Crippen molar-refractivity contribution in [3.63, 3.8) is 0 Å². The van der Waals surface area contributed by atoms with Crippen LogP contribution in [0, 0.1) is 0 Å². The number of esters is 1. The summed E-state index contributed by atoms with van der Waals surface area (Å²) in [6.07, 6.45) is 2.02. The highest BCUT2D eigenvalue weighted by Crippen LogP contribution is 2.23. The van der Waals surface area contributed by atoms with Crippen LogP contribution in [0.2, 0.25) is 0 Å². The lowest BCUT2D eigenvalue weighted by Gasteiger charge is -2.13. The average molecular weight is 349 g/mol. The molecular weight excluding hydrogens is 334 g/mol. The van der Waals surface area contributed by atoms with Gasteiger partial charge in [-0.15, -0.1) is 0 Å². The molecule has 0 unspecified atom stereocenters. The van der Waals surface area contributed by atoms with Gasteiger partial charge in [-0.1, -0.05) is 12.1 Å². The van der Waals surface area contributed by atoms with Crippen molar-refractivity contribution < 1.29 is 19.1 Å². The molecule has 7 nitrogen and oxygen atoms in total. The predicted octanol–water partition coefficient (Wildman–Crippen LogP) is 2.54. The lowest BCUT2D eigenvalue weighted by Crippen LogP contribution is -2.31. The van der Waals surface area contributed by atoms with Crippen LogP contribution < -0.4 is 4.74 Å². The van der Waals surface area contributed by atoms with Gasteiger partial charge >= 0.3 is 5.97 Å². The molecule has 0 bridgehead atoms. The zero-order valence-electron chi connectivity index (χ0n) is 13.8. The number of ether oxygens (including phenoxy) is 1. The first-order valence-corrected chi connectivity index (χ1v) is 8.22. The number of rotatable bonds is 5. The number of H-pyrrole nitrogens is 1. The molecule has 3 aromatic rings. The summed E-state index contributed by atoms with van der Waals surface area (Å²) >= 11 is 0. The molecule has 2 amide bonds. The van der Waals surface area contributed by atoms with Gasteiger partial charge in [-0.2, -0.15) is 0 Å².